The van der Waals surface area contributed by atoms with Gasteiger partial charge in [0.05, 0.1) is 0 Å². The second-order valence-electron chi connectivity index (χ2n) is 1.92. The van der Waals surface area contributed by atoms with Gasteiger partial charge in [0, 0.05) is 6.07 Å². The smallest absolute Gasteiger partial charge is 0.126 e. The van der Waals surface area contributed by atoms with Crippen molar-refractivity contribution in [1.82, 2.24) is 0 Å². The van der Waals surface area contributed by atoms with E-state index >= 15 is 0 Å². The lowest BCUT2D eigenvalue weighted by Gasteiger charge is -1.93. The first-order valence-electron chi connectivity index (χ1n) is 2.75. The SMILES string of the molecule is [O]Cc1cc(F)cc(F)c1. The van der Waals surface area contributed by atoms with Crippen LogP contribution >= 0.6 is 0 Å². The summed E-state index contributed by atoms with van der Waals surface area (Å²) in [5.41, 5.74) is 0.137. The van der Waals surface area contributed by atoms with Gasteiger partial charge in [0.25, 0.3) is 0 Å². The Morgan fingerprint density at radius 2 is 1.60 bits per heavy atom. The number of rotatable bonds is 1. The lowest BCUT2D eigenvalue weighted by Crippen LogP contribution is -1.85. The Morgan fingerprint density at radius 3 is 2.00 bits per heavy atom. The highest BCUT2D eigenvalue weighted by molar-refractivity contribution is 5.16. The lowest BCUT2D eigenvalue weighted by atomic mass is 10.2. The average Bonchev–Trinajstić information content (AvgIpc) is 1.85. The molecule has 0 unspecified atom stereocenters. The van der Waals surface area contributed by atoms with Crippen LogP contribution in [0.2, 0.25) is 0 Å². The van der Waals surface area contributed by atoms with Crippen molar-refractivity contribution in [2.75, 3.05) is 0 Å². The van der Waals surface area contributed by atoms with E-state index in [2.05, 4.69) is 0 Å². The van der Waals surface area contributed by atoms with Gasteiger partial charge in [0.15, 0.2) is 0 Å². The maximum atomic E-state index is 12.2. The lowest BCUT2D eigenvalue weighted by molar-refractivity contribution is 0.177. The molecular formula is C7H5F2O. The third-order valence-corrected chi connectivity index (χ3v) is 1.09. The number of hydrogen-bond acceptors (Lipinski definition) is 0. The van der Waals surface area contributed by atoms with Gasteiger partial charge < -0.3 is 0 Å². The molecule has 10 heavy (non-hydrogen) atoms. The number of halogens is 2. The largest absolute Gasteiger partial charge is 0.232 e. The minimum absolute atomic E-state index is 0.137. The Bertz CT molecular complexity index is 215. The van der Waals surface area contributed by atoms with Crippen LogP contribution in [0.4, 0.5) is 8.78 Å². The van der Waals surface area contributed by atoms with Crippen LogP contribution in [0.1, 0.15) is 5.56 Å². The summed E-state index contributed by atoms with van der Waals surface area (Å²) >= 11 is 0. The van der Waals surface area contributed by atoms with E-state index in [4.69, 9.17) is 0 Å². The first kappa shape index (κ1) is 7.15. The molecule has 0 aliphatic rings. The second-order valence-corrected chi connectivity index (χ2v) is 1.92. The summed E-state index contributed by atoms with van der Waals surface area (Å²) in [5.74, 6) is -1.41. The van der Waals surface area contributed by atoms with Crippen LogP contribution in [0.25, 0.3) is 0 Å². The van der Waals surface area contributed by atoms with Crippen LogP contribution in [0.5, 0.6) is 0 Å². The highest BCUT2D eigenvalue weighted by Crippen LogP contribution is 2.07. The maximum absolute atomic E-state index is 12.2. The van der Waals surface area contributed by atoms with Gasteiger partial charge in [-0.25, -0.2) is 13.9 Å². The van der Waals surface area contributed by atoms with Gasteiger partial charge in [-0.15, -0.1) is 0 Å². The van der Waals surface area contributed by atoms with Gasteiger partial charge >= 0.3 is 0 Å². The Kier molecular flexibility index (Phi) is 1.97. The molecule has 0 saturated carbocycles. The van der Waals surface area contributed by atoms with Gasteiger partial charge in [-0.2, -0.15) is 0 Å². The minimum Gasteiger partial charge on any atom is -0.232 e. The Balaban J connectivity index is 3.06. The molecule has 0 atom stereocenters. The molecule has 0 aromatic heterocycles. The molecule has 1 aromatic rings. The predicted molar refractivity (Wildman–Crippen MR) is 30.7 cm³/mol. The van der Waals surface area contributed by atoms with E-state index in [0.717, 1.165) is 18.2 Å². The summed E-state index contributed by atoms with van der Waals surface area (Å²) in [7, 11) is 0. The van der Waals surface area contributed by atoms with Crippen molar-refractivity contribution in [3.05, 3.63) is 35.4 Å². The molecule has 0 saturated heterocycles. The zero-order chi connectivity index (χ0) is 7.56. The van der Waals surface area contributed by atoms with Crippen molar-refractivity contribution in [2.24, 2.45) is 0 Å². The van der Waals surface area contributed by atoms with Crippen LogP contribution in [0, 0.1) is 11.6 Å². The fourth-order valence-electron chi connectivity index (χ4n) is 0.694. The molecule has 1 nitrogen and oxygen atoms in total. The van der Waals surface area contributed by atoms with Gasteiger partial charge in [-0.05, 0) is 17.7 Å². The summed E-state index contributed by atoms with van der Waals surface area (Å²) in [6.45, 7) is -0.589. The molecule has 0 spiro atoms. The Hall–Kier alpha value is -0.960. The summed E-state index contributed by atoms with van der Waals surface area (Å²) in [6, 6.07) is 2.78. The highest BCUT2D eigenvalue weighted by Gasteiger charge is 1.98. The van der Waals surface area contributed by atoms with Gasteiger partial charge in [-0.3, -0.25) is 0 Å². The standard InChI is InChI=1S/C7H5F2O/c8-6-1-5(4-10)2-7(9)3-6/h1-3H,4H2. The second kappa shape index (κ2) is 2.75. The summed E-state index contributed by atoms with van der Waals surface area (Å²) in [4.78, 5) is 0. The topological polar surface area (TPSA) is 19.9 Å². The van der Waals surface area contributed by atoms with Crippen molar-refractivity contribution in [3.63, 3.8) is 0 Å². The van der Waals surface area contributed by atoms with E-state index in [9.17, 15) is 13.9 Å². The molecule has 53 valence electrons. The van der Waals surface area contributed by atoms with E-state index in [1.54, 1.807) is 0 Å². The fourth-order valence-corrected chi connectivity index (χ4v) is 0.694. The first-order valence-corrected chi connectivity index (χ1v) is 2.75. The maximum Gasteiger partial charge on any atom is 0.126 e. The van der Waals surface area contributed by atoms with E-state index in [1.807, 2.05) is 0 Å². The third-order valence-electron chi connectivity index (χ3n) is 1.09. The molecular weight excluding hydrogens is 138 g/mol. The van der Waals surface area contributed by atoms with Crippen LogP contribution in [-0.4, -0.2) is 0 Å². The average molecular weight is 143 g/mol. The van der Waals surface area contributed by atoms with E-state index in [0.29, 0.717) is 0 Å². The highest BCUT2D eigenvalue weighted by atomic mass is 19.1. The van der Waals surface area contributed by atoms with Crippen molar-refractivity contribution >= 4 is 0 Å². The van der Waals surface area contributed by atoms with E-state index in [-0.39, 0.29) is 5.56 Å². The molecule has 0 heterocycles. The number of hydrogen-bond donors (Lipinski definition) is 0. The van der Waals surface area contributed by atoms with Crippen LogP contribution in [-0.2, 0) is 11.7 Å². The Labute approximate surface area is 56.9 Å². The molecule has 1 rings (SSSR count). The normalized spacial score (nSPS) is 9.90. The fraction of sp³-hybridized carbons (Fsp3) is 0.143. The zero-order valence-corrected chi connectivity index (χ0v) is 5.10. The van der Waals surface area contributed by atoms with E-state index in [1.165, 1.54) is 0 Å². The molecule has 0 N–H and O–H groups in total. The van der Waals surface area contributed by atoms with E-state index < -0.39 is 18.2 Å². The van der Waals surface area contributed by atoms with Crippen LogP contribution in [0.15, 0.2) is 18.2 Å². The molecule has 0 aliphatic heterocycles. The zero-order valence-electron chi connectivity index (χ0n) is 5.10. The van der Waals surface area contributed by atoms with Crippen molar-refractivity contribution in [2.45, 2.75) is 6.61 Å². The quantitative estimate of drug-likeness (QED) is 0.572. The summed E-state index contributed by atoms with van der Waals surface area (Å²) < 4.78 is 24.5. The van der Waals surface area contributed by atoms with Gasteiger partial charge in [0.2, 0.25) is 0 Å². The molecule has 0 fully saturated rings. The molecule has 1 radical (unpaired) electrons. The van der Waals surface area contributed by atoms with Gasteiger partial charge in [-0.1, -0.05) is 0 Å². The molecule has 0 amide bonds. The predicted octanol–water partition coefficient (Wildman–Crippen LogP) is 1.90. The van der Waals surface area contributed by atoms with Gasteiger partial charge in [0.1, 0.15) is 18.2 Å². The van der Waals surface area contributed by atoms with Crippen LogP contribution in [0.3, 0.4) is 0 Å². The third kappa shape index (κ3) is 1.51. The van der Waals surface area contributed by atoms with Crippen molar-refractivity contribution < 1.29 is 13.9 Å². The number of benzene rings is 1. The summed E-state index contributed by atoms with van der Waals surface area (Å²) in [5, 5.41) is 10.1. The first-order chi connectivity index (χ1) is 4.72. The minimum atomic E-state index is -0.703. The molecule has 3 heteroatoms. The molecule has 0 aliphatic carbocycles. The van der Waals surface area contributed by atoms with Crippen molar-refractivity contribution in [3.8, 4) is 0 Å². The summed E-state index contributed by atoms with van der Waals surface area (Å²) in [6.07, 6.45) is 0. The molecule has 0 bridgehead atoms. The van der Waals surface area contributed by atoms with Crippen molar-refractivity contribution in [1.29, 1.82) is 0 Å². The molecule has 1 aromatic carbocycles. The monoisotopic (exact) mass is 143 g/mol. The van der Waals surface area contributed by atoms with Crippen LogP contribution < -0.4 is 0 Å². The Morgan fingerprint density at radius 1 is 1.10 bits per heavy atom.